The molecule has 0 aliphatic rings. The van der Waals surface area contributed by atoms with Gasteiger partial charge >= 0.3 is 0 Å². The van der Waals surface area contributed by atoms with Crippen molar-refractivity contribution in [3.8, 4) is 0 Å². The first kappa shape index (κ1) is 10.9. The fourth-order valence-corrected chi connectivity index (χ4v) is 1.82. The Hall–Kier alpha value is -1.64. The Morgan fingerprint density at radius 3 is 2.69 bits per heavy atom. The van der Waals surface area contributed by atoms with Gasteiger partial charge in [-0.2, -0.15) is 5.10 Å². The lowest BCUT2D eigenvalue weighted by atomic mass is 10.0. The predicted octanol–water partition coefficient (Wildman–Crippen LogP) is 2.89. The molecule has 0 radical (unpaired) electrons. The van der Waals surface area contributed by atoms with E-state index in [1.807, 2.05) is 49.7 Å². The van der Waals surface area contributed by atoms with Crippen LogP contribution in [0, 0.1) is 5.92 Å². The van der Waals surface area contributed by atoms with E-state index in [9.17, 15) is 4.79 Å². The quantitative estimate of drug-likeness (QED) is 0.739. The summed E-state index contributed by atoms with van der Waals surface area (Å²) in [7, 11) is 0. The van der Waals surface area contributed by atoms with E-state index >= 15 is 0 Å². The van der Waals surface area contributed by atoms with Gasteiger partial charge in [-0.15, -0.1) is 0 Å². The van der Waals surface area contributed by atoms with Gasteiger partial charge in [0.1, 0.15) is 5.69 Å². The second-order valence-electron chi connectivity index (χ2n) is 4.20. The number of Topliss-reactive ketones (excluding diaryl/α,β-unsaturated/α-hetero) is 1. The largest absolute Gasteiger partial charge is 0.292 e. The van der Waals surface area contributed by atoms with Gasteiger partial charge in [0, 0.05) is 17.8 Å². The van der Waals surface area contributed by atoms with Crippen LogP contribution in [-0.2, 0) is 6.54 Å². The Bertz CT molecular complexity index is 526. The van der Waals surface area contributed by atoms with Crippen LogP contribution in [0.25, 0.3) is 10.9 Å². The number of carbonyl (C=O) groups is 1. The van der Waals surface area contributed by atoms with Crippen LogP contribution in [-0.4, -0.2) is 15.6 Å². The molecule has 0 N–H and O–H groups in total. The van der Waals surface area contributed by atoms with E-state index in [-0.39, 0.29) is 11.7 Å². The van der Waals surface area contributed by atoms with Gasteiger partial charge in [-0.1, -0.05) is 32.0 Å². The molecule has 0 aliphatic carbocycles. The molecule has 0 saturated carbocycles. The molecule has 0 amide bonds. The monoisotopic (exact) mass is 216 g/mol. The summed E-state index contributed by atoms with van der Waals surface area (Å²) in [4.78, 5) is 12.0. The highest BCUT2D eigenvalue weighted by molar-refractivity contribution is 6.06. The van der Waals surface area contributed by atoms with Gasteiger partial charge in [-0.25, -0.2) is 0 Å². The first-order chi connectivity index (χ1) is 7.65. The van der Waals surface area contributed by atoms with Crippen molar-refractivity contribution >= 4 is 16.7 Å². The van der Waals surface area contributed by atoms with Crippen LogP contribution in [0.5, 0.6) is 0 Å². The highest BCUT2D eigenvalue weighted by Crippen LogP contribution is 2.20. The van der Waals surface area contributed by atoms with Crippen molar-refractivity contribution in [2.45, 2.75) is 27.3 Å². The number of fused-ring (bicyclic) bond motifs is 1. The summed E-state index contributed by atoms with van der Waals surface area (Å²) in [5, 5.41) is 5.36. The zero-order valence-corrected chi connectivity index (χ0v) is 9.90. The SMILES string of the molecule is CCn1nc(C(=O)C(C)C)c2ccccc21. The molecule has 0 bridgehead atoms. The van der Waals surface area contributed by atoms with Gasteiger partial charge in [0.15, 0.2) is 5.78 Å². The number of para-hydroxylation sites is 1. The molecule has 2 aromatic rings. The molecule has 3 nitrogen and oxygen atoms in total. The minimum atomic E-state index is -0.0105. The summed E-state index contributed by atoms with van der Waals surface area (Å²) in [6, 6.07) is 7.88. The molecule has 84 valence electrons. The molecule has 0 fully saturated rings. The van der Waals surface area contributed by atoms with Crippen molar-refractivity contribution in [1.29, 1.82) is 0 Å². The van der Waals surface area contributed by atoms with Crippen molar-refractivity contribution < 1.29 is 4.79 Å². The summed E-state index contributed by atoms with van der Waals surface area (Å²) < 4.78 is 1.88. The summed E-state index contributed by atoms with van der Waals surface area (Å²) in [5.74, 6) is 0.104. The zero-order valence-electron chi connectivity index (χ0n) is 9.90. The highest BCUT2D eigenvalue weighted by Gasteiger charge is 2.18. The molecule has 1 aromatic heterocycles. The van der Waals surface area contributed by atoms with Crippen molar-refractivity contribution in [3.05, 3.63) is 30.0 Å². The number of aromatic nitrogens is 2. The van der Waals surface area contributed by atoms with E-state index in [2.05, 4.69) is 5.10 Å². The number of nitrogens with zero attached hydrogens (tertiary/aromatic N) is 2. The average molecular weight is 216 g/mol. The van der Waals surface area contributed by atoms with Crippen molar-refractivity contribution in [1.82, 2.24) is 9.78 Å². The van der Waals surface area contributed by atoms with Gasteiger partial charge in [-0.3, -0.25) is 9.48 Å². The van der Waals surface area contributed by atoms with Crippen LogP contribution in [0.15, 0.2) is 24.3 Å². The number of ketones is 1. The van der Waals surface area contributed by atoms with Crippen molar-refractivity contribution in [2.75, 3.05) is 0 Å². The molecule has 0 spiro atoms. The number of hydrogen-bond donors (Lipinski definition) is 0. The minimum Gasteiger partial charge on any atom is -0.292 e. The number of hydrogen-bond acceptors (Lipinski definition) is 2. The van der Waals surface area contributed by atoms with Gasteiger partial charge in [0.05, 0.1) is 5.52 Å². The topological polar surface area (TPSA) is 34.9 Å². The summed E-state index contributed by atoms with van der Waals surface area (Å²) in [5.41, 5.74) is 1.64. The first-order valence-corrected chi connectivity index (χ1v) is 5.65. The predicted molar refractivity (Wildman–Crippen MR) is 64.6 cm³/mol. The van der Waals surface area contributed by atoms with E-state index in [1.165, 1.54) is 0 Å². The maximum absolute atomic E-state index is 12.0. The Balaban J connectivity index is 2.66. The number of aryl methyl sites for hydroxylation is 1. The lowest BCUT2D eigenvalue weighted by Gasteiger charge is -1.99. The third kappa shape index (κ3) is 1.62. The first-order valence-electron chi connectivity index (χ1n) is 5.65. The molecular formula is C13H16N2O. The van der Waals surface area contributed by atoms with E-state index in [1.54, 1.807) is 0 Å². The summed E-state index contributed by atoms with van der Waals surface area (Å²) >= 11 is 0. The van der Waals surface area contributed by atoms with Crippen LogP contribution in [0.4, 0.5) is 0 Å². The molecule has 0 atom stereocenters. The third-order valence-electron chi connectivity index (χ3n) is 2.72. The second-order valence-corrected chi connectivity index (χ2v) is 4.20. The van der Waals surface area contributed by atoms with Crippen LogP contribution >= 0.6 is 0 Å². The molecule has 1 aromatic carbocycles. The van der Waals surface area contributed by atoms with Gasteiger partial charge in [0.2, 0.25) is 0 Å². The Kier molecular flexibility index (Phi) is 2.77. The maximum Gasteiger partial charge on any atom is 0.186 e. The molecule has 0 aliphatic heterocycles. The molecule has 0 saturated heterocycles. The van der Waals surface area contributed by atoms with Crippen LogP contribution < -0.4 is 0 Å². The van der Waals surface area contributed by atoms with E-state index in [0.717, 1.165) is 17.4 Å². The molecular weight excluding hydrogens is 200 g/mol. The summed E-state index contributed by atoms with van der Waals surface area (Å²) in [6.07, 6.45) is 0. The second kappa shape index (κ2) is 4.08. The van der Waals surface area contributed by atoms with Gasteiger partial charge in [0.25, 0.3) is 0 Å². The van der Waals surface area contributed by atoms with Crippen molar-refractivity contribution in [2.24, 2.45) is 5.92 Å². The fraction of sp³-hybridized carbons (Fsp3) is 0.385. The average Bonchev–Trinajstić information content (AvgIpc) is 2.66. The van der Waals surface area contributed by atoms with E-state index in [0.29, 0.717) is 5.69 Å². The molecule has 0 unspecified atom stereocenters. The maximum atomic E-state index is 12.0. The Labute approximate surface area is 95.1 Å². The standard InChI is InChI=1S/C13H16N2O/c1-4-15-11-8-6-5-7-10(11)12(14-15)13(16)9(2)3/h5-9H,4H2,1-3H3. The molecule has 3 heteroatoms. The van der Waals surface area contributed by atoms with E-state index < -0.39 is 0 Å². The van der Waals surface area contributed by atoms with Crippen molar-refractivity contribution in [3.63, 3.8) is 0 Å². The van der Waals surface area contributed by atoms with Crippen LogP contribution in [0.2, 0.25) is 0 Å². The third-order valence-corrected chi connectivity index (χ3v) is 2.72. The number of rotatable bonds is 3. The Morgan fingerprint density at radius 2 is 2.06 bits per heavy atom. The van der Waals surface area contributed by atoms with Crippen LogP contribution in [0.1, 0.15) is 31.3 Å². The molecule has 1 heterocycles. The molecule has 16 heavy (non-hydrogen) atoms. The smallest absolute Gasteiger partial charge is 0.186 e. The lowest BCUT2D eigenvalue weighted by molar-refractivity contribution is 0.0935. The summed E-state index contributed by atoms with van der Waals surface area (Å²) in [6.45, 7) is 6.62. The van der Waals surface area contributed by atoms with Gasteiger partial charge < -0.3 is 0 Å². The fourth-order valence-electron chi connectivity index (χ4n) is 1.82. The van der Waals surface area contributed by atoms with Gasteiger partial charge in [-0.05, 0) is 13.0 Å². The van der Waals surface area contributed by atoms with E-state index in [4.69, 9.17) is 0 Å². The molecule has 2 rings (SSSR count). The normalized spacial score (nSPS) is 11.2. The number of carbonyl (C=O) groups excluding carboxylic acids is 1. The lowest BCUT2D eigenvalue weighted by Crippen LogP contribution is -2.09. The highest BCUT2D eigenvalue weighted by atomic mass is 16.1. The number of benzene rings is 1. The Morgan fingerprint density at radius 1 is 1.38 bits per heavy atom. The minimum absolute atomic E-state index is 0.0105. The van der Waals surface area contributed by atoms with Crippen LogP contribution in [0.3, 0.4) is 0 Å². The zero-order chi connectivity index (χ0) is 11.7.